The van der Waals surface area contributed by atoms with Crippen LogP contribution >= 0.6 is 0 Å². The summed E-state index contributed by atoms with van der Waals surface area (Å²) in [6.07, 6.45) is -0.488. The van der Waals surface area contributed by atoms with Gasteiger partial charge in [0.05, 0.1) is 12.1 Å². The highest BCUT2D eigenvalue weighted by Crippen LogP contribution is 2.34. The van der Waals surface area contributed by atoms with Crippen LogP contribution in [0.1, 0.15) is 30.1 Å². The molecule has 0 bridgehead atoms. The minimum atomic E-state index is -1.19. The Balaban J connectivity index is 2.35. The number of carbonyl (C=O) groups excluding carboxylic acids is 2. The number of hydrogen-bond donors (Lipinski definition) is 2. The summed E-state index contributed by atoms with van der Waals surface area (Å²) in [5.41, 5.74) is 0.392. The summed E-state index contributed by atoms with van der Waals surface area (Å²) >= 11 is 0. The number of amides is 1. The molecule has 0 fully saturated rings. The lowest BCUT2D eigenvalue weighted by Gasteiger charge is -2.32. The average molecular weight is 321 g/mol. The van der Waals surface area contributed by atoms with Gasteiger partial charge in [0.2, 0.25) is 0 Å². The lowest BCUT2D eigenvalue weighted by Crippen LogP contribution is -2.48. The van der Waals surface area contributed by atoms with Gasteiger partial charge in [-0.3, -0.25) is 19.3 Å². The number of carbonyl (C=O) groups is 4. The first kappa shape index (κ1) is 16.5. The van der Waals surface area contributed by atoms with E-state index >= 15 is 0 Å². The molecule has 0 spiro atoms. The van der Waals surface area contributed by atoms with E-state index in [2.05, 4.69) is 0 Å². The maximum absolute atomic E-state index is 12.0. The van der Waals surface area contributed by atoms with E-state index < -0.39 is 29.7 Å². The summed E-state index contributed by atoms with van der Waals surface area (Å²) in [6.45, 7) is 1.07. The van der Waals surface area contributed by atoms with Gasteiger partial charge in [-0.2, -0.15) is 0 Å². The first-order valence-electron chi connectivity index (χ1n) is 6.88. The molecule has 0 radical (unpaired) electrons. The zero-order valence-electron chi connectivity index (χ0n) is 12.3. The van der Waals surface area contributed by atoms with E-state index in [1.807, 2.05) is 0 Å². The number of ether oxygens (including phenoxy) is 1. The maximum Gasteiger partial charge on any atom is 0.326 e. The fourth-order valence-electron chi connectivity index (χ4n) is 2.24. The number of nitrogens with zero attached hydrogens (tertiary/aromatic N) is 1. The Bertz CT molecular complexity index is 682. The Morgan fingerprint density at radius 3 is 2.57 bits per heavy atom. The molecular formula is C15H15NO7. The van der Waals surface area contributed by atoms with Crippen LogP contribution in [-0.2, 0) is 14.4 Å². The molecule has 122 valence electrons. The second-order valence-electron chi connectivity index (χ2n) is 5.07. The molecule has 1 heterocycles. The molecule has 8 heteroatoms. The number of Topliss-reactive ketones (excluding diaryl/α,β-unsaturated/α-hetero) is 1. The van der Waals surface area contributed by atoms with Crippen molar-refractivity contribution in [3.05, 3.63) is 23.8 Å². The Morgan fingerprint density at radius 1 is 1.26 bits per heavy atom. The molecule has 8 nitrogen and oxygen atoms in total. The van der Waals surface area contributed by atoms with Gasteiger partial charge in [-0.15, -0.1) is 0 Å². The van der Waals surface area contributed by atoms with Crippen molar-refractivity contribution in [2.24, 2.45) is 0 Å². The number of hydrogen-bond acceptors (Lipinski definition) is 5. The quantitative estimate of drug-likeness (QED) is 0.747. The van der Waals surface area contributed by atoms with Gasteiger partial charge in [0, 0.05) is 12.0 Å². The third-order valence-electron chi connectivity index (χ3n) is 3.47. The third-order valence-corrected chi connectivity index (χ3v) is 3.47. The molecule has 1 aromatic rings. The number of carboxylic acids is 2. The molecule has 0 aliphatic carbocycles. The summed E-state index contributed by atoms with van der Waals surface area (Å²) in [4.78, 5) is 46.8. The fourth-order valence-corrected chi connectivity index (χ4v) is 2.24. The molecule has 1 atom stereocenters. The topological polar surface area (TPSA) is 121 Å². The van der Waals surface area contributed by atoms with Gasteiger partial charge < -0.3 is 14.9 Å². The van der Waals surface area contributed by atoms with Crippen molar-refractivity contribution in [1.82, 2.24) is 0 Å². The van der Waals surface area contributed by atoms with Crippen LogP contribution in [0.4, 0.5) is 5.69 Å². The van der Waals surface area contributed by atoms with Gasteiger partial charge in [0.1, 0.15) is 11.8 Å². The molecule has 2 N–H and O–H groups in total. The number of aliphatic carboxylic acids is 2. The standard InChI is InChI=1S/C15H15NO7/c1-8(15(21)22)16-10-6-9(11(17)3-5-14(19)20)2-4-12(10)23-7-13(16)18/h2,4,6,8H,3,5,7H2,1H3,(H,19,20)(H,21,22)/t8-/m0/s1. The zero-order valence-corrected chi connectivity index (χ0v) is 12.3. The van der Waals surface area contributed by atoms with Crippen molar-refractivity contribution in [2.75, 3.05) is 11.5 Å². The van der Waals surface area contributed by atoms with Crippen LogP contribution in [0.15, 0.2) is 18.2 Å². The SMILES string of the molecule is C[C@@H](C(=O)O)N1C(=O)COc2ccc(C(=O)CCC(=O)O)cc21. The molecule has 1 aromatic carbocycles. The number of anilines is 1. The summed E-state index contributed by atoms with van der Waals surface area (Å²) in [5, 5.41) is 17.8. The molecule has 1 aliphatic rings. The molecule has 0 saturated heterocycles. The molecule has 2 rings (SSSR count). The largest absolute Gasteiger partial charge is 0.482 e. The number of benzene rings is 1. The second-order valence-corrected chi connectivity index (χ2v) is 5.07. The van der Waals surface area contributed by atoms with Gasteiger partial charge in [-0.1, -0.05) is 0 Å². The van der Waals surface area contributed by atoms with Crippen molar-refractivity contribution in [2.45, 2.75) is 25.8 Å². The van der Waals surface area contributed by atoms with E-state index in [0.717, 1.165) is 4.90 Å². The van der Waals surface area contributed by atoms with Crippen LogP contribution in [0.25, 0.3) is 0 Å². The van der Waals surface area contributed by atoms with Gasteiger partial charge in [-0.25, -0.2) is 4.79 Å². The van der Waals surface area contributed by atoms with Crippen molar-refractivity contribution < 1.29 is 34.1 Å². The lowest BCUT2D eigenvalue weighted by atomic mass is 10.0. The highest BCUT2D eigenvalue weighted by atomic mass is 16.5. The minimum Gasteiger partial charge on any atom is -0.482 e. The molecule has 0 unspecified atom stereocenters. The van der Waals surface area contributed by atoms with Gasteiger partial charge in [0.25, 0.3) is 5.91 Å². The van der Waals surface area contributed by atoms with Crippen molar-refractivity contribution in [3.8, 4) is 5.75 Å². The molecule has 1 aliphatic heterocycles. The highest BCUT2D eigenvalue weighted by molar-refractivity contribution is 6.05. The van der Waals surface area contributed by atoms with E-state index in [4.69, 9.17) is 14.9 Å². The first-order chi connectivity index (χ1) is 10.8. The molecule has 0 saturated carbocycles. The summed E-state index contributed by atoms with van der Waals surface area (Å²) in [6, 6.07) is 3.17. The predicted octanol–water partition coefficient (Wildman–Crippen LogP) is 0.933. The van der Waals surface area contributed by atoms with E-state index in [1.165, 1.54) is 25.1 Å². The molecule has 1 amide bonds. The van der Waals surface area contributed by atoms with Crippen LogP contribution in [0.2, 0.25) is 0 Å². The summed E-state index contributed by atoms with van der Waals surface area (Å²) < 4.78 is 5.24. The first-order valence-corrected chi connectivity index (χ1v) is 6.88. The molecule has 23 heavy (non-hydrogen) atoms. The zero-order chi connectivity index (χ0) is 17.1. The van der Waals surface area contributed by atoms with E-state index in [9.17, 15) is 19.2 Å². The average Bonchev–Trinajstić information content (AvgIpc) is 2.51. The smallest absolute Gasteiger partial charge is 0.326 e. The van der Waals surface area contributed by atoms with Crippen LogP contribution in [-0.4, -0.2) is 46.5 Å². The second kappa shape index (κ2) is 6.47. The van der Waals surface area contributed by atoms with E-state index in [1.54, 1.807) is 0 Å². The number of fused-ring (bicyclic) bond motifs is 1. The number of ketones is 1. The number of rotatable bonds is 6. The predicted molar refractivity (Wildman–Crippen MR) is 77.7 cm³/mol. The Hall–Kier alpha value is -2.90. The van der Waals surface area contributed by atoms with Crippen molar-refractivity contribution in [3.63, 3.8) is 0 Å². The van der Waals surface area contributed by atoms with E-state index in [-0.39, 0.29) is 30.7 Å². The van der Waals surface area contributed by atoms with Crippen LogP contribution in [0.5, 0.6) is 5.75 Å². The Labute approximate surface area is 131 Å². The van der Waals surface area contributed by atoms with Gasteiger partial charge >= 0.3 is 11.9 Å². The fraction of sp³-hybridized carbons (Fsp3) is 0.333. The lowest BCUT2D eigenvalue weighted by molar-refractivity contribution is -0.140. The number of carboxylic acid groups (broad SMARTS) is 2. The Morgan fingerprint density at radius 2 is 1.96 bits per heavy atom. The van der Waals surface area contributed by atoms with E-state index in [0.29, 0.717) is 5.75 Å². The monoisotopic (exact) mass is 321 g/mol. The van der Waals surface area contributed by atoms with Crippen molar-refractivity contribution >= 4 is 29.3 Å². The molecule has 0 aromatic heterocycles. The van der Waals surface area contributed by atoms with Crippen LogP contribution in [0, 0.1) is 0 Å². The molecular weight excluding hydrogens is 306 g/mol. The van der Waals surface area contributed by atoms with Crippen LogP contribution in [0.3, 0.4) is 0 Å². The normalized spacial score (nSPS) is 14.7. The Kier molecular flexibility index (Phi) is 4.63. The van der Waals surface area contributed by atoms with Gasteiger partial charge in [-0.05, 0) is 25.1 Å². The van der Waals surface area contributed by atoms with Crippen LogP contribution < -0.4 is 9.64 Å². The third kappa shape index (κ3) is 3.47. The highest BCUT2D eigenvalue weighted by Gasteiger charge is 2.33. The summed E-state index contributed by atoms with van der Waals surface area (Å²) in [7, 11) is 0. The minimum absolute atomic E-state index is 0.183. The summed E-state index contributed by atoms with van der Waals surface area (Å²) in [5.74, 6) is -2.91. The van der Waals surface area contributed by atoms with Gasteiger partial charge in [0.15, 0.2) is 12.4 Å². The van der Waals surface area contributed by atoms with Crippen molar-refractivity contribution in [1.29, 1.82) is 0 Å². The maximum atomic E-state index is 12.0.